The number of hydrogen-bond acceptors (Lipinski definition) is 6. The van der Waals surface area contributed by atoms with Crippen molar-refractivity contribution < 1.29 is 19.0 Å². The molecule has 0 radical (unpaired) electrons. The van der Waals surface area contributed by atoms with Gasteiger partial charge >= 0.3 is 0 Å². The molecule has 0 saturated carbocycles. The fraction of sp³-hybridized carbons (Fsp3) is 0.353. The van der Waals surface area contributed by atoms with Gasteiger partial charge in [0.25, 0.3) is 5.91 Å². The van der Waals surface area contributed by atoms with Crippen LogP contribution in [-0.2, 0) is 4.79 Å². The Bertz CT molecular complexity index is 749. The maximum atomic E-state index is 12.4. The van der Waals surface area contributed by atoms with Gasteiger partial charge in [-0.1, -0.05) is 23.2 Å². The monoisotopic (exact) mass is 399 g/mol. The van der Waals surface area contributed by atoms with Crippen LogP contribution in [0.1, 0.15) is 20.8 Å². The van der Waals surface area contributed by atoms with Crippen molar-refractivity contribution in [3.63, 3.8) is 0 Å². The van der Waals surface area contributed by atoms with Crippen LogP contribution in [0.15, 0.2) is 24.3 Å². The Balaban J connectivity index is 2.09. The van der Waals surface area contributed by atoms with Gasteiger partial charge in [0.05, 0.1) is 24.3 Å². The Hall–Kier alpha value is -2.25. The van der Waals surface area contributed by atoms with Crippen LogP contribution in [0.3, 0.4) is 0 Å². The normalized spacial score (nSPS) is 11.6. The molecule has 0 saturated heterocycles. The number of nitrogens with one attached hydrogen (secondary N) is 1. The zero-order valence-electron chi connectivity index (χ0n) is 14.6. The quantitative estimate of drug-likeness (QED) is 0.722. The van der Waals surface area contributed by atoms with Crippen LogP contribution < -0.4 is 19.5 Å². The Morgan fingerprint density at radius 2 is 1.73 bits per heavy atom. The first-order valence-electron chi connectivity index (χ1n) is 8.00. The van der Waals surface area contributed by atoms with Crippen molar-refractivity contribution in [2.75, 3.05) is 18.5 Å². The van der Waals surface area contributed by atoms with E-state index in [4.69, 9.17) is 37.4 Å². The molecular formula is C17H19Cl2N3O4. The third-order valence-corrected chi connectivity index (χ3v) is 3.60. The van der Waals surface area contributed by atoms with E-state index in [-0.39, 0.29) is 5.95 Å². The van der Waals surface area contributed by atoms with Gasteiger partial charge in [-0.15, -0.1) is 0 Å². The average molecular weight is 400 g/mol. The van der Waals surface area contributed by atoms with Gasteiger partial charge in [-0.25, -0.2) is 0 Å². The van der Waals surface area contributed by atoms with E-state index in [0.717, 1.165) is 0 Å². The maximum absolute atomic E-state index is 12.4. The van der Waals surface area contributed by atoms with Gasteiger partial charge in [-0.05, 0) is 39.0 Å². The van der Waals surface area contributed by atoms with Gasteiger partial charge in [-0.2, -0.15) is 9.97 Å². The molecule has 140 valence electrons. The maximum Gasteiger partial charge on any atom is 0.267 e. The van der Waals surface area contributed by atoms with E-state index in [0.29, 0.717) is 40.8 Å². The molecule has 1 aromatic carbocycles. The number of halogens is 2. The molecule has 1 heterocycles. The summed E-state index contributed by atoms with van der Waals surface area (Å²) in [6.45, 7) is 6.07. The molecule has 9 heteroatoms. The summed E-state index contributed by atoms with van der Waals surface area (Å²) in [5.41, 5.74) is 0. The van der Waals surface area contributed by atoms with Gasteiger partial charge in [0.1, 0.15) is 5.75 Å². The van der Waals surface area contributed by atoms with E-state index in [9.17, 15) is 4.79 Å². The zero-order valence-corrected chi connectivity index (χ0v) is 16.1. The molecular weight excluding hydrogens is 381 g/mol. The SMILES string of the molecule is CCOc1cc(OCC)nc(NC(=O)C(C)Oc2ccc(Cl)cc2Cl)n1. The van der Waals surface area contributed by atoms with Crippen molar-refractivity contribution in [2.45, 2.75) is 26.9 Å². The van der Waals surface area contributed by atoms with E-state index < -0.39 is 12.0 Å². The minimum absolute atomic E-state index is 0.0575. The number of rotatable bonds is 8. The van der Waals surface area contributed by atoms with Gasteiger partial charge in [0.15, 0.2) is 6.10 Å². The number of amides is 1. The number of carbonyl (C=O) groups excluding carboxylic acids is 1. The highest BCUT2D eigenvalue weighted by molar-refractivity contribution is 6.35. The van der Waals surface area contributed by atoms with E-state index in [1.54, 1.807) is 25.1 Å². The van der Waals surface area contributed by atoms with Crippen molar-refractivity contribution in [3.05, 3.63) is 34.3 Å². The van der Waals surface area contributed by atoms with Crippen molar-refractivity contribution in [2.24, 2.45) is 0 Å². The Labute approximate surface area is 161 Å². The molecule has 0 fully saturated rings. The van der Waals surface area contributed by atoms with E-state index >= 15 is 0 Å². The summed E-state index contributed by atoms with van der Waals surface area (Å²) >= 11 is 11.9. The molecule has 2 rings (SSSR count). The smallest absolute Gasteiger partial charge is 0.267 e. The van der Waals surface area contributed by atoms with E-state index in [1.807, 2.05) is 13.8 Å². The first kappa shape index (κ1) is 20.1. The number of aromatic nitrogens is 2. The lowest BCUT2D eigenvalue weighted by atomic mass is 10.3. The number of ether oxygens (including phenoxy) is 3. The van der Waals surface area contributed by atoms with Crippen LogP contribution in [0.25, 0.3) is 0 Å². The summed E-state index contributed by atoms with van der Waals surface area (Å²) in [5.74, 6) is 0.554. The van der Waals surface area contributed by atoms with Crippen LogP contribution in [-0.4, -0.2) is 35.2 Å². The first-order valence-corrected chi connectivity index (χ1v) is 8.75. The van der Waals surface area contributed by atoms with Gasteiger partial charge in [0.2, 0.25) is 17.7 Å². The molecule has 1 N–H and O–H groups in total. The summed E-state index contributed by atoms with van der Waals surface area (Å²) < 4.78 is 16.3. The molecule has 1 aromatic heterocycles. The standard InChI is InChI=1S/C17H19Cl2N3O4/c1-4-24-14-9-15(25-5-2)21-17(20-14)22-16(23)10(3)26-13-7-6-11(18)8-12(13)19/h6-10H,4-5H2,1-3H3,(H,20,21,22,23). The molecule has 26 heavy (non-hydrogen) atoms. The summed E-state index contributed by atoms with van der Waals surface area (Å²) in [6.07, 6.45) is -0.844. The highest BCUT2D eigenvalue weighted by atomic mass is 35.5. The third kappa shape index (κ3) is 5.64. The third-order valence-electron chi connectivity index (χ3n) is 3.07. The van der Waals surface area contributed by atoms with E-state index in [1.165, 1.54) is 6.07 Å². The summed E-state index contributed by atoms with van der Waals surface area (Å²) in [4.78, 5) is 20.6. The molecule has 0 aliphatic heterocycles. The van der Waals surface area contributed by atoms with Crippen LogP contribution in [0.2, 0.25) is 10.0 Å². The lowest BCUT2D eigenvalue weighted by molar-refractivity contribution is -0.122. The van der Waals surface area contributed by atoms with E-state index in [2.05, 4.69) is 15.3 Å². The largest absolute Gasteiger partial charge is 0.479 e. The average Bonchev–Trinajstić information content (AvgIpc) is 2.57. The number of anilines is 1. The summed E-state index contributed by atoms with van der Waals surface area (Å²) in [5, 5.41) is 3.36. The molecule has 1 unspecified atom stereocenters. The first-order chi connectivity index (χ1) is 12.4. The second kappa shape index (κ2) is 9.45. The van der Waals surface area contributed by atoms with Crippen LogP contribution >= 0.6 is 23.2 Å². The van der Waals surface area contributed by atoms with Gasteiger partial charge in [-0.3, -0.25) is 10.1 Å². The van der Waals surface area contributed by atoms with Crippen LogP contribution in [0.4, 0.5) is 5.95 Å². The highest BCUT2D eigenvalue weighted by Crippen LogP contribution is 2.28. The number of carbonyl (C=O) groups is 1. The topological polar surface area (TPSA) is 82.6 Å². The summed E-state index contributed by atoms with van der Waals surface area (Å²) in [6, 6.07) is 6.30. The lowest BCUT2D eigenvalue weighted by Gasteiger charge is -2.15. The van der Waals surface area contributed by atoms with Crippen LogP contribution in [0.5, 0.6) is 17.5 Å². The summed E-state index contributed by atoms with van der Waals surface area (Å²) in [7, 11) is 0. The number of hydrogen-bond donors (Lipinski definition) is 1. The fourth-order valence-electron chi connectivity index (χ4n) is 1.93. The number of benzene rings is 1. The predicted molar refractivity (Wildman–Crippen MR) is 99.6 cm³/mol. The van der Waals surface area contributed by atoms with Gasteiger partial charge < -0.3 is 14.2 Å². The van der Waals surface area contributed by atoms with Gasteiger partial charge in [0, 0.05) is 5.02 Å². The second-order valence-corrected chi connectivity index (χ2v) is 5.90. The zero-order chi connectivity index (χ0) is 19.1. The minimum atomic E-state index is -0.844. The molecule has 1 amide bonds. The molecule has 0 aliphatic rings. The molecule has 2 aromatic rings. The van der Waals surface area contributed by atoms with Crippen molar-refractivity contribution in [1.82, 2.24) is 9.97 Å². The van der Waals surface area contributed by atoms with Crippen molar-refractivity contribution >= 4 is 35.1 Å². The Morgan fingerprint density at radius 3 is 2.27 bits per heavy atom. The Morgan fingerprint density at radius 1 is 1.12 bits per heavy atom. The highest BCUT2D eigenvalue weighted by Gasteiger charge is 2.18. The molecule has 0 aliphatic carbocycles. The second-order valence-electron chi connectivity index (χ2n) is 5.06. The minimum Gasteiger partial charge on any atom is -0.479 e. The van der Waals surface area contributed by atoms with Crippen molar-refractivity contribution in [3.8, 4) is 17.5 Å². The molecule has 1 atom stereocenters. The Kier molecular flexibility index (Phi) is 7.29. The lowest BCUT2D eigenvalue weighted by Crippen LogP contribution is -2.31. The molecule has 7 nitrogen and oxygen atoms in total. The molecule has 0 spiro atoms. The fourth-order valence-corrected chi connectivity index (χ4v) is 2.38. The molecule has 0 bridgehead atoms. The predicted octanol–water partition coefficient (Wildman–Crippen LogP) is 3.99. The number of nitrogens with zero attached hydrogens (tertiary/aromatic N) is 2. The van der Waals surface area contributed by atoms with Crippen LogP contribution in [0, 0.1) is 0 Å². The van der Waals surface area contributed by atoms with Crippen molar-refractivity contribution in [1.29, 1.82) is 0 Å².